The van der Waals surface area contributed by atoms with Gasteiger partial charge in [-0.1, -0.05) is 0 Å². The normalized spacial score (nSPS) is 3.33. The molecule has 8 nitrogen and oxygen atoms in total. The van der Waals surface area contributed by atoms with Crippen LogP contribution in [0.15, 0.2) is 0 Å². The van der Waals surface area contributed by atoms with Crippen molar-refractivity contribution in [2.24, 2.45) is 0 Å². The fourth-order valence-electron chi connectivity index (χ4n) is 0. The molecule has 0 aromatic heterocycles. The Morgan fingerprint density at radius 2 is 0.667 bits per heavy atom. The van der Waals surface area contributed by atoms with Crippen molar-refractivity contribution in [2.75, 3.05) is 0 Å². The summed E-state index contributed by atoms with van der Waals surface area (Å²) >= 11 is 0. The van der Waals surface area contributed by atoms with Gasteiger partial charge in [0.05, 0.1) is 0 Å². The summed E-state index contributed by atoms with van der Waals surface area (Å²) in [5.74, 6) is -2.17. The van der Waals surface area contributed by atoms with E-state index in [1.165, 1.54) is 0 Å². The minimum atomic E-state index is -1.08. The molecule has 0 unspecified atom stereocenters. The maximum atomic E-state index is 8.89. The molecule has 0 fully saturated rings. The van der Waals surface area contributed by atoms with E-state index in [0.29, 0.717) is 0 Å². The van der Waals surface area contributed by atoms with Gasteiger partial charge in [-0.2, -0.15) is 0 Å². The van der Waals surface area contributed by atoms with E-state index in [4.69, 9.17) is 19.8 Å². The Labute approximate surface area is 148 Å². The van der Waals surface area contributed by atoms with Crippen LogP contribution in [0.2, 0.25) is 0 Å². The molecular formula is C4H10O8Pb3. The molecule has 0 aromatic carbocycles. The zero-order valence-electron chi connectivity index (χ0n) is 7.92. The van der Waals surface area contributed by atoms with Gasteiger partial charge < -0.3 is 41.7 Å². The number of carboxylic acids is 2. The van der Waals surface area contributed by atoms with Crippen LogP contribution in [0.3, 0.4) is 0 Å². The summed E-state index contributed by atoms with van der Waals surface area (Å²) in [6.45, 7) is 1.94. The molecule has 0 rings (SSSR count). The molecule has 0 bridgehead atoms. The third-order valence-corrected chi connectivity index (χ3v) is 0. The number of aliphatic carboxylic acids is 2. The molecule has 0 heterocycles. The summed E-state index contributed by atoms with van der Waals surface area (Å²) in [5.41, 5.74) is 0. The number of hydrogen-bond acceptors (Lipinski definition) is 8. The van der Waals surface area contributed by atoms with E-state index < -0.39 is 11.9 Å². The standard InChI is InChI=1S/2C2H4O2.4H2O.3Pb/c2*1-2(3)4;;;;;;;/h2*1H3,(H,3,4);4*1H2;;;/q;;;;;;3*+2/p-6. The number of hydrogen-bond donors (Lipinski definition) is 0. The van der Waals surface area contributed by atoms with E-state index in [0.717, 1.165) is 13.8 Å². The Bertz CT molecular complexity index is 79.9. The summed E-state index contributed by atoms with van der Waals surface area (Å²) in [7, 11) is 0. The predicted octanol–water partition coefficient (Wildman–Crippen LogP) is -4.34. The molecule has 11 heteroatoms. The molecule has 0 spiro atoms. The topological polar surface area (TPSA) is 200 Å². The molecule has 6 radical (unpaired) electrons. The first kappa shape index (κ1) is 70.2. The number of rotatable bonds is 0. The molecule has 0 saturated heterocycles. The summed E-state index contributed by atoms with van der Waals surface area (Å²) in [5, 5.41) is 17.8. The Kier molecular flexibility index (Phi) is 270. The maximum Gasteiger partial charge on any atom is 2.00 e. The maximum absolute atomic E-state index is 8.89. The first-order chi connectivity index (χ1) is 3.46. The van der Waals surface area contributed by atoms with Gasteiger partial charge in [0.1, 0.15) is 0 Å². The van der Waals surface area contributed by atoms with Crippen molar-refractivity contribution in [2.45, 2.75) is 13.8 Å². The SMILES string of the molecule is CC(=O)[O-].CC(=O)[O-].[OH-].[OH-].[OH-].[OH-].[Pb+2].[Pb+2].[Pb+2]. The molecule has 15 heavy (non-hydrogen) atoms. The van der Waals surface area contributed by atoms with E-state index in [-0.39, 0.29) is 104 Å². The van der Waals surface area contributed by atoms with Crippen LogP contribution in [0.4, 0.5) is 0 Å². The van der Waals surface area contributed by atoms with Crippen molar-refractivity contribution < 1.29 is 41.7 Å². The fraction of sp³-hybridized carbons (Fsp3) is 0.500. The van der Waals surface area contributed by atoms with Crippen LogP contribution in [-0.4, -0.2) is 116 Å². The summed E-state index contributed by atoms with van der Waals surface area (Å²) in [4.78, 5) is 17.8. The van der Waals surface area contributed by atoms with Crippen molar-refractivity contribution in [3.63, 3.8) is 0 Å². The number of carbonyl (C=O) groups excluding carboxylic acids is 2. The van der Waals surface area contributed by atoms with Gasteiger partial charge in [-0.15, -0.1) is 0 Å². The van der Waals surface area contributed by atoms with E-state index in [1.54, 1.807) is 0 Å². The van der Waals surface area contributed by atoms with Gasteiger partial charge in [0.2, 0.25) is 0 Å². The smallest absolute Gasteiger partial charge is 0.870 e. The first-order valence-electron chi connectivity index (χ1n) is 1.82. The van der Waals surface area contributed by atoms with Crippen LogP contribution in [0.5, 0.6) is 0 Å². The molecule has 0 amide bonds. The van der Waals surface area contributed by atoms with E-state index in [9.17, 15) is 0 Å². The van der Waals surface area contributed by atoms with Crippen molar-refractivity contribution in [3.05, 3.63) is 0 Å². The first-order valence-corrected chi connectivity index (χ1v) is 1.82. The minimum Gasteiger partial charge on any atom is -0.870 e. The molecular weight excluding hydrogens is 798 g/mol. The van der Waals surface area contributed by atoms with Crippen LogP contribution in [0, 0.1) is 0 Å². The van der Waals surface area contributed by atoms with Gasteiger partial charge >= 0.3 is 81.9 Å². The van der Waals surface area contributed by atoms with Gasteiger partial charge in [-0.3, -0.25) is 0 Å². The fourth-order valence-corrected chi connectivity index (χ4v) is 0. The zero-order chi connectivity index (χ0) is 7.15. The Balaban J connectivity index is -0.00000000468. The van der Waals surface area contributed by atoms with Gasteiger partial charge in [-0.05, 0) is 13.8 Å². The Morgan fingerprint density at radius 3 is 0.667 bits per heavy atom. The van der Waals surface area contributed by atoms with E-state index >= 15 is 0 Å². The molecule has 0 aliphatic carbocycles. The minimum absolute atomic E-state index is 0. The van der Waals surface area contributed by atoms with Gasteiger partial charge in [-0.25, -0.2) is 0 Å². The van der Waals surface area contributed by atoms with Gasteiger partial charge in [0, 0.05) is 11.9 Å². The molecule has 0 atom stereocenters. The van der Waals surface area contributed by atoms with Crippen LogP contribution in [0.25, 0.3) is 0 Å². The predicted molar refractivity (Wildman–Crippen MR) is 46.4 cm³/mol. The van der Waals surface area contributed by atoms with E-state index in [2.05, 4.69) is 0 Å². The van der Waals surface area contributed by atoms with Crippen molar-refractivity contribution in [3.8, 4) is 0 Å². The molecule has 0 saturated carbocycles. The molecule has 0 aliphatic rings. The second-order valence-electron chi connectivity index (χ2n) is 0.983. The second-order valence-corrected chi connectivity index (χ2v) is 0.983. The van der Waals surface area contributed by atoms with Crippen molar-refractivity contribution in [1.82, 2.24) is 0 Å². The molecule has 0 aromatic rings. The molecule has 4 N–H and O–H groups in total. The third kappa shape index (κ3) is 1190. The quantitative estimate of drug-likeness (QED) is 0.219. The van der Waals surface area contributed by atoms with Crippen LogP contribution >= 0.6 is 0 Å². The Morgan fingerprint density at radius 1 is 0.667 bits per heavy atom. The monoisotopic (exact) mass is 810 g/mol. The van der Waals surface area contributed by atoms with Crippen molar-refractivity contribution in [1.29, 1.82) is 0 Å². The Hall–Kier alpha value is 1.55. The second kappa shape index (κ2) is 57.8. The average Bonchev–Trinajstić information content (AvgIpc) is 1.25. The summed E-state index contributed by atoms with van der Waals surface area (Å²) in [6.07, 6.45) is 0. The zero-order valence-corrected chi connectivity index (χ0v) is 19.6. The van der Waals surface area contributed by atoms with Crippen molar-refractivity contribution >= 4 is 93.8 Å². The number of carbonyl (C=O) groups is 2. The van der Waals surface area contributed by atoms with Crippen LogP contribution < -0.4 is 10.2 Å². The van der Waals surface area contributed by atoms with Crippen LogP contribution in [-0.2, 0) is 9.59 Å². The van der Waals surface area contributed by atoms with Crippen LogP contribution in [0.1, 0.15) is 13.8 Å². The largest absolute Gasteiger partial charge is 2.00 e. The van der Waals surface area contributed by atoms with Gasteiger partial charge in [0.25, 0.3) is 0 Å². The number of carboxylic acid groups (broad SMARTS) is 2. The van der Waals surface area contributed by atoms with Gasteiger partial charge in [0.15, 0.2) is 0 Å². The molecule has 86 valence electrons. The average molecular weight is 808 g/mol. The third-order valence-electron chi connectivity index (χ3n) is 0. The summed E-state index contributed by atoms with van der Waals surface area (Å²) in [6, 6.07) is 0. The van der Waals surface area contributed by atoms with E-state index in [1.807, 2.05) is 0 Å². The molecule has 0 aliphatic heterocycles. The summed E-state index contributed by atoms with van der Waals surface area (Å²) < 4.78 is 0.